The number of hydrogen-bond acceptors (Lipinski definition) is 0. The largest absolute Gasteiger partial charge is 0.0831 e. The Kier molecular flexibility index (Phi) is 3.54. The van der Waals surface area contributed by atoms with E-state index in [1.54, 1.807) is 0 Å². The van der Waals surface area contributed by atoms with Crippen molar-refractivity contribution in [1.29, 1.82) is 0 Å². The summed E-state index contributed by atoms with van der Waals surface area (Å²) in [7, 11) is 0. The van der Waals surface area contributed by atoms with Gasteiger partial charge in [0.05, 0.1) is 13.6 Å². The highest BCUT2D eigenvalue weighted by Gasteiger charge is 2.06. The van der Waals surface area contributed by atoms with Crippen molar-refractivity contribution in [2.24, 2.45) is 0 Å². The molecule has 0 atom stereocenters. The molecule has 0 aromatic heterocycles. The summed E-state index contributed by atoms with van der Waals surface area (Å²) in [5, 5.41) is 1.39. The van der Waals surface area contributed by atoms with Gasteiger partial charge in [0.25, 0.3) is 0 Å². The van der Waals surface area contributed by atoms with Crippen LogP contribution in [0.25, 0.3) is 11.1 Å². The van der Waals surface area contributed by atoms with Crippen molar-refractivity contribution < 1.29 is 0 Å². The van der Waals surface area contributed by atoms with E-state index in [1.165, 1.54) is 0 Å². The number of benzene rings is 2. The van der Waals surface area contributed by atoms with E-state index in [4.69, 9.17) is 23.2 Å². The van der Waals surface area contributed by atoms with Gasteiger partial charge in [-0.15, -0.1) is 0 Å². The lowest BCUT2D eigenvalue weighted by molar-refractivity contribution is 1.59. The standard InChI is InChI=1S/C12H7Cl2I/c13-10-6-9(7-11(14)12(10)15)8-4-2-1-3-5-8/h1-7H. The number of halogens is 3. The van der Waals surface area contributed by atoms with Crippen LogP contribution in [0.3, 0.4) is 0 Å². The summed E-state index contributed by atoms with van der Waals surface area (Å²) in [6, 6.07) is 13.9. The fourth-order valence-electron chi connectivity index (χ4n) is 1.35. The van der Waals surface area contributed by atoms with Crippen molar-refractivity contribution in [3.8, 4) is 11.1 Å². The van der Waals surface area contributed by atoms with Gasteiger partial charge in [0, 0.05) is 0 Å². The topological polar surface area (TPSA) is 0 Å². The molecule has 0 amide bonds. The second-order valence-corrected chi connectivity index (χ2v) is 5.01. The molecule has 2 aromatic rings. The zero-order chi connectivity index (χ0) is 10.8. The molecule has 0 saturated carbocycles. The van der Waals surface area contributed by atoms with Crippen LogP contribution in [0.15, 0.2) is 42.5 Å². The van der Waals surface area contributed by atoms with Crippen LogP contribution in [0.4, 0.5) is 0 Å². The average Bonchev–Trinajstić information content (AvgIpc) is 2.26. The molecule has 0 aliphatic rings. The smallest absolute Gasteiger partial charge is 0.0560 e. The van der Waals surface area contributed by atoms with Crippen molar-refractivity contribution in [3.63, 3.8) is 0 Å². The lowest BCUT2D eigenvalue weighted by atomic mass is 10.1. The van der Waals surface area contributed by atoms with Crippen molar-refractivity contribution in [2.45, 2.75) is 0 Å². The van der Waals surface area contributed by atoms with E-state index in [0.29, 0.717) is 10.0 Å². The zero-order valence-corrected chi connectivity index (χ0v) is 11.3. The minimum absolute atomic E-state index is 0.696. The Morgan fingerprint density at radius 3 is 1.87 bits per heavy atom. The molecule has 0 heterocycles. The van der Waals surface area contributed by atoms with Crippen LogP contribution in [-0.4, -0.2) is 0 Å². The van der Waals surface area contributed by atoms with E-state index in [9.17, 15) is 0 Å². The third-order valence-corrected chi connectivity index (χ3v) is 4.49. The Bertz CT molecular complexity index is 457. The lowest BCUT2D eigenvalue weighted by Gasteiger charge is -2.05. The van der Waals surface area contributed by atoms with Crippen LogP contribution in [0, 0.1) is 3.57 Å². The summed E-state index contributed by atoms with van der Waals surface area (Å²) < 4.78 is 0.899. The van der Waals surface area contributed by atoms with Crippen LogP contribution < -0.4 is 0 Å². The van der Waals surface area contributed by atoms with Crippen molar-refractivity contribution in [3.05, 3.63) is 56.1 Å². The van der Waals surface area contributed by atoms with E-state index >= 15 is 0 Å². The maximum atomic E-state index is 6.08. The van der Waals surface area contributed by atoms with Gasteiger partial charge in [0.2, 0.25) is 0 Å². The second-order valence-electron chi connectivity index (χ2n) is 3.12. The summed E-state index contributed by atoms with van der Waals surface area (Å²) in [6.07, 6.45) is 0. The van der Waals surface area contributed by atoms with E-state index in [2.05, 4.69) is 22.6 Å². The first kappa shape index (κ1) is 11.2. The Balaban J connectivity index is 2.56. The van der Waals surface area contributed by atoms with E-state index in [0.717, 1.165) is 14.7 Å². The molecule has 0 aliphatic carbocycles. The first-order valence-corrected chi connectivity index (χ1v) is 6.22. The molecule has 0 bridgehead atoms. The number of hydrogen-bond donors (Lipinski definition) is 0. The van der Waals surface area contributed by atoms with Gasteiger partial charge in [-0.3, -0.25) is 0 Å². The molecular formula is C12H7Cl2I. The highest BCUT2D eigenvalue weighted by Crippen LogP contribution is 2.32. The fourth-order valence-corrected chi connectivity index (χ4v) is 2.15. The summed E-state index contributed by atoms with van der Waals surface area (Å²) in [4.78, 5) is 0. The molecule has 0 saturated heterocycles. The predicted octanol–water partition coefficient (Wildman–Crippen LogP) is 5.27. The van der Waals surface area contributed by atoms with Gasteiger partial charge in [-0.05, 0) is 45.9 Å². The molecule has 0 fully saturated rings. The quantitative estimate of drug-likeness (QED) is 0.486. The van der Waals surface area contributed by atoms with Crippen LogP contribution in [-0.2, 0) is 0 Å². The Labute approximate surface area is 112 Å². The summed E-state index contributed by atoms with van der Waals surface area (Å²) >= 11 is 14.3. The van der Waals surface area contributed by atoms with Crippen LogP contribution in [0.1, 0.15) is 0 Å². The highest BCUT2D eigenvalue weighted by molar-refractivity contribution is 14.1. The van der Waals surface area contributed by atoms with Crippen LogP contribution in [0.2, 0.25) is 10.0 Å². The summed E-state index contributed by atoms with van der Waals surface area (Å²) in [5.74, 6) is 0. The summed E-state index contributed by atoms with van der Waals surface area (Å²) in [6.45, 7) is 0. The second kappa shape index (κ2) is 4.73. The third-order valence-electron chi connectivity index (χ3n) is 2.09. The molecule has 2 rings (SSSR count). The first-order chi connectivity index (χ1) is 7.18. The Morgan fingerprint density at radius 2 is 1.33 bits per heavy atom. The average molecular weight is 349 g/mol. The minimum atomic E-state index is 0.696. The maximum Gasteiger partial charge on any atom is 0.0560 e. The predicted molar refractivity (Wildman–Crippen MR) is 74.6 cm³/mol. The zero-order valence-electron chi connectivity index (χ0n) is 7.68. The molecule has 3 heteroatoms. The Hall–Kier alpha value is -0.250. The number of rotatable bonds is 1. The summed E-state index contributed by atoms with van der Waals surface area (Å²) in [5.41, 5.74) is 2.17. The van der Waals surface area contributed by atoms with Gasteiger partial charge >= 0.3 is 0 Å². The molecular weight excluding hydrogens is 342 g/mol. The highest BCUT2D eigenvalue weighted by atomic mass is 127. The molecule has 15 heavy (non-hydrogen) atoms. The van der Waals surface area contributed by atoms with E-state index in [-0.39, 0.29) is 0 Å². The molecule has 0 spiro atoms. The monoisotopic (exact) mass is 348 g/mol. The van der Waals surface area contributed by atoms with Gasteiger partial charge in [0.15, 0.2) is 0 Å². The first-order valence-electron chi connectivity index (χ1n) is 4.38. The normalized spacial score (nSPS) is 10.3. The van der Waals surface area contributed by atoms with Gasteiger partial charge in [0.1, 0.15) is 0 Å². The van der Waals surface area contributed by atoms with Crippen molar-refractivity contribution in [2.75, 3.05) is 0 Å². The molecule has 0 unspecified atom stereocenters. The van der Waals surface area contributed by atoms with Gasteiger partial charge in [-0.1, -0.05) is 53.5 Å². The third kappa shape index (κ3) is 2.47. The molecule has 0 nitrogen and oxygen atoms in total. The van der Waals surface area contributed by atoms with Gasteiger partial charge in [-0.25, -0.2) is 0 Å². The van der Waals surface area contributed by atoms with E-state index < -0.39 is 0 Å². The maximum absolute atomic E-state index is 6.08. The Morgan fingerprint density at radius 1 is 0.800 bits per heavy atom. The van der Waals surface area contributed by atoms with Crippen LogP contribution in [0.5, 0.6) is 0 Å². The van der Waals surface area contributed by atoms with Crippen LogP contribution >= 0.6 is 45.8 Å². The van der Waals surface area contributed by atoms with E-state index in [1.807, 2.05) is 42.5 Å². The lowest BCUT2D eigenvalue weighted by Crippen LogP contribution is -1.82. The fraction of sp³-hybridized carbons (Fsp3) is 0. The van der Waals surface area contributed by atoms with Gasteiger partial charge < -0.3 is 0 Å². The molecule has 0 N–H and O–H groups in total. The molecule has 0 radical (unpaired) electrons. The molecule has 0 aliphatic heterocycles. The molecule has 2 aromatic carbocycles. The minimum Gasteiger partial charge on any atom is -0.0831 e. The SMILES string of the molecule is Clc1cc(-c2ccccc2)cc(Cl)c1I. The van der Waals surface area contributed by atoms with Crippen molar-refractivity contribution in [1.82, 2.24) is 0 Å². The van der Waals surface area contributed by atoms with Crippen molar-refractivity contribution >= 4 is 45.8 Å². The van der Waals surface area contributed by atoms with Gasteiger partial charge in [-0.2, -0.15) is 0 Å². The molecule has 76 valence electrons.